The average Bonchev–Trinajstić information content (AvgIpc) is 2.87. The summed E-state index contributed by atoms with van der Waals surface area (Å²) < 4.78 is 0. The number of nitrogens with one attached hydrogen (secondary N) is 2. The Morgan fingerprint density at radius 1 is 1.37 bits per heavy atom. The minimum Gasteiger partial charge on any atom is -0.367 e. The summed E-state index contributed by atoms with van der Waals surface area (Å²) in [5.74, 6) is 0.118. The molecule has 1 aromatic rings. The number of amidine groups is 2. The lowest BCUT2D eigenvalue weighted by Crippen LogP contribution is -2.30. The van der Waals surface area contributed by atoms with Gasteiger partial charge in [0, 0.05) is 20.5 Å². The first-order valence-electron chi connectivity index (χ1n) is 6.27. The van der Waals surface area contributed by atoms with E-state index in [9.17, 15) is 4.79 Å². The van der Waals surface area contributed by atoms with Gasteiger partial charge in [0.2, 0.25) is 5.84 Å². The van der Waals surface area contributed by atoms with E-state index in [1.54, 1.807) is 14.1 Å². The molecule has 1 aliphatic heterocycles. The number of likely N-dealkylation sites (N-methyl/N-ethyl adjacent to an activating group) is 1. The molecular weight excluding hydrogens is 240 g/mol. The third-order valence-electron chi connectivity index (χ3n) is 3.07. The molecule has 1 aromatic carbocycles. The van der Waals surface area contributed by atoms with Gasteiger partial charge in [0.05, 0.1) is 6.04 Å². The quantitative estimate of drug-likeness (QED) is 0.593. The highest BCUT2D eigenvalue weighted by Crippen LogP contribution is 2.23. The molecule has 1 aliphatic rings. The van der Waals surface area contributed by atoms with Gasteiger partial charge in [-0.15, -0.1) is 0 Å². The topological polar surface area (TPSA) is 68.5 Å². The summed E-state index contributed by atoms with van der Waals surface area (Å²) in [5, 5.41) is 10.9. The molecule has 0 radical (unpaired) electrons. The first-order valence-corrected chi connectivity index (χ1v) is 6.27. The maximum absolute atomic E-state index is 11.5. The minimum atomic E-state index is -0.377. The minimum absolute atomic E-state index is 0.221. The van der Waals surface area contributed by atoms with Crippen LogP contribution in [0.15, 0.2) is 35.3 Å². The van der Waals surface area contributed by atoms with Crippen molar-refractivity contribution in [2.24, 2.45) is 4.99 Å². The molecule has 0 aromatic heterocycles. The molecule has 2 N–H and O–H groups in total. The van der Waals surface area contributed by atoms with E-state index >= 15 is 0 Å². The largest absolute Gasteiger partial charge is 0.367 e. The van der Waals surface area contributed by atoms with Crippen LogP contribution in [0.4, 0.5) is 0 Å². The van der Waals surface area contributed by atoms with Gasteiger partial charge in [-0.05, 0) is 12.0 Å². The Hall–Kier alpha value is -2.17. The zero-order valence-electron chi connectivity index (χ0n) is 11.2. The van der Waals surface area contributed by atoms with Crippen molar-refractivity contribution in [3.05, 3.63) is 35.9 Å². The number of rotatable bonds is 1. The third kappa shape index (κ3) is 3.19. The van der Waals surface area contributed by atoms with E-state index in [1.807, 2.05) is 18.2 Å². The predicted molar refractivity (Wildman–Crippen MR) is 75.4 cm³/mol. The van der Waals surface area contributed by atoms with Crippen molar-refractivity contribution in [1.82, 2.24) is 10.2 Å². The Kier molecular flexibility index (Phi) is 3.94. The predicted octanol–water partition coefficient (Wildman–Crippen LogP) is 1.58. The number of aliphatic imine (C=N–C) groups is 1. The number of carbonyl (C=O) groups excluding carboxylic acids is 1. The first kappa shape index (κ1) is 13.3. The van der Waals surface area contributed by atoms with Crippen LogP contribution < -0.4 is 5.32 Å². The van der Waals surface area contributed by atoms with Crippen molar-refractivity contribution in [3.63, 3.8) is 0 Å². The Morgan fingerprint density at radius 2 is 2.05 bits per heavy atom. The first-order chi connectivity index (χ1) is 9.08. The summed E-state index contributed by atoms with van der Waals surface area (Å²) in [7, 11) is 3.23. The molecule has 0 bridgehead atoms. The molecule has 1 fully saturated rings. The zero-order valence-corrected chi connectivity index (χ0v) is 11.2. The van der Waals surface area contributed by atoms with Gasteiger partial charge in [-0.1, -0.05) is 30.3 Å². The van der Waals surface area contributed by atoms with Crippen LogP contribution in [0.25, 0.3) is 0 Å². The molecule has 1 amide bonds. The third-order valence-corrected chi connectivity index (χ3v) is 3.07. The van der Waals surface area contributed by atoms with E-state index in [0.29, 0.717) is 5.84 Å². The average molecular weight is 258 g/mol. The Morgan fingerprint density at radius 3 is 2.68 bits per heavy atom. The number of nitrogens with zero attached hydrogens (tertiary/aromatic N) is 2. The maximum atomic E-state index is 11.5. The highest BCUT2D eigenvalue weighted by molar-refractivity contribution is 6.38. The fourth-order valence-corrected chi connectivity index (χ4v) is 2.04. The Bertz CT molecular complexity index is 507. The summed E-state index contributed by atoms with van der Waals surface area (Å²) in [6.45, 7) is 0. The molecule has 1 saturated heterocycles. The molecule has 2 rings (SSSR count). The number of hydrogen-bond acceptors (Lipinski definition) is 2. The molecule has 0 aliphatic carbocycles. The molecule has 1 atom stereocenters. The van der Waals surface area contributed by atoms with Crippen molar-refractivity contribution in [3.8, 4) is 0 Å². The van der Waals surface area contributed by atoms with Crippen LogP contribution in [0.5, 0.6) is 0 Å². The van der Waals surface area contributed by atoms with Gasteiger partial charge in [-0.2, -0.15) is 0 Å². The van der Waals surface area contributed by atoms with Crippen LogP contribution in [-0.2, 0) is 4.79 Å². The van der Waals surface area contributed by atoms with E-state index in [0.717, 1.165) is 12.8 Å². The molecular formula is C14H18N4O. The molecule has 0 saturated carbocycles. The van der Waals surface area contributed by atoms with Crippen LogP contribution >= 0.6 is 0 Å². The van der Waals surface area contributed by atoms with Gasteiger partial charge in [0.25, 0.3) is 5.91 Å². The van der Waals surface area contributed by atoms with E-state index in [2.05, 4.69) is 22.4 Å². The van der Waals surface area contributed by atoms with Gasteiger partial charge < -0.3 is 10.2 Å². The molecule has 100 valence electrons. The lowest BCUT2D eigenvalue weighted by molar-refractivity contribution is -0.121. The van der Waals surface area contributed by atoms with Crippen molar-refractivity contribution in [2.45, 2.75) is 18.9 Å². The van der Waals surface area contributed by atoms with Crippen LogP contribution in [0, 0.1) is 5.41 Å². The van der Waals surface area contributed by atoms with Crippen molar-refractivity contribution < 1.29 is 4.79 Å². The number of amides is 1. The Labute approximate surface area is 112 Å². The van der Waals surface area contributed by atoms with Gasteiger partial charge in [-0.25, -0.2) is 4.99 Å². The van der Waals surface area contributed by atoms with Gasteiger partial charge in [0.1, 0.15) is 5.84 Å². The number of carbonyl (C=O) groups is 1. The van der Waals surface area contributed by atoms with E-state index in [-0.39, 0.29) is 17.8 Å². The second-order valence-electron chi connectivity index (χ2n) is 4.75. The maximum Gasteiger partial charge on any atom is 0.290 e. The zero-order chi connectivity index (χ0) is 13.8. The van der Waals surface area contributed by atoms with E-state index < -0.39 is 0 Å². The summed E-state index contributed by atoms with van der Waals surface area (Å²) in [5.41, 5.74) is 1.21. The van der Waals surface area contributed by atoms with Gasteiger partial charge >= 0.3 is 0 Å². The van der Waals surface area contributed by atoms with Crippen molar-refractivity contribution in [2.75, 3.05) is 14.1 Å². The molecule has 5 heteroatoms. The summed E-state index contributed by atoms with van der Waals surface area (Å²) >= 11 is 0. The summed E-state index contributed by atoms with van der Waals surface area (Å²) in [6, 6.07) is 10.3. The Balaban J connectivity index is 2.03. The lowest BCUT2D eigenvalue weighted by atomic mass is 10.1. The normalized spacial score (nSPS) is 20.1. The van der Waals surface area contributed by atoms with Crippen LogP contribution in [0.1, 0.15) is 24.4 Å². The molecule has 5 nitrogen and oxygen atoms in total. The monoisotopic (exact) mass is 258 g/mol. The molecule has 19 heavy (non-hydrogen) atoms. The van der Waals surface area contributed by atoms with Crippen LogP contribution in [-0.4, -0.2) is 36.6 Å². The van der Waals surface area contributed by atoms with Crippen molar-refractivity contribution in [1.29, 1.82) is 5.41 Å². The number of benzene rings is 1. The highest BCUT2D eigenvalue weighted by Gasteiger charge is 2.22. The fraction of sp³-hybridized carbons (Fsp3) is 0.357. The fourth-order valence-electron chi connectivity index (χ4n) is 2.04. The van der Waals surface area contributed by atoms with Crippen LogP contribution in [0.3, 0.4) is 0 Å². The SMILES string of the molecule is CN(C)C(=O)C(=N)/N=C1/CCC(c2ccccc2)N1. The standard InChI is InChI=1S/C14H18N4O/c1-18(2)14(19)13(15)17-12-9-8-11(16-12)10-6-4-3-5-7-10/h3-7,11H,8-9H2,1-2H3,(H2,15,16,17). The summed E-state index contributed by atoms with van der Waals surface area (Å²) in [6.07, 6.45) is 1.70. The van der Waals surface area contributed by atoms with Gasteiger partial charge in [-0.3, -0.25) is 10.2 Å². The molecule has 1 heterocycles. The highest BCUT2D eigenvalue weighted by atomic mass is 16.2. The second-order valence-corrected chi connectivity index (χ2v) is 4.75. The molecule has 0 spiro atoms. The smallest absolute Gasteiger partial charge is 0.290 e. The second kappa shape index (κ2) is 5.65. The van der Waals surface area contributed by atoms with Crippen LogP contribution in [0.2, 0.25) is 0 Å². The molecule has 1 unspecified atom stereocenters. The lowest BCUT2D eigenvalue weighted by Gasteiger charge is -2.11. The summed E-state index contributed by atoms with van der Waals surface area (Å²) in [4.78, 5) is 17.0. The van der Waals surface area contributed by atoms with E-state index in [4.69, 9.17) is 5.41 Å². The van der Waals surface area contributed by atoms with Gasteiger partial charge in [0.15, 0.2) is 0 Å². The van der Waals surface area contributed by atoms with Crippen molar-refractivity contribution >= 4 is 17.6 Å². The van der Waals surface area contributed by atoms with E-state index in [1.165, 1.54) is 10.5 Å². The number of hydrogen-bond donors (Lipinski definition) is 2.